The standard InChI is InChI=1S/C31H32N4O5/c1-38-17-15-35-27-18-22(31(36)37)8-9-26(27)32-29(35)19-34-13-10-21(11-14-34)25-5-3-7-30(33-25)40-20-23-4-2-6-28-24(23)12-16-39-28/h2-9,12,16,18,21H,10-11,13-15,17,19-20H2,1H3,(H,36,37). The van der Waals surface area contributed by atoms with E-state index < -0.39 is 5.97 Å². The Labute approximate surface area is 232 Å². The summed E-state index contributed by atoms with van der Waals surface area (Å²) in [6.45, 7) is 4.13. The average molecular weight is 541 g/mol. The number of carboxylic acid groups (broad SMARTS) is 1. The summed E-state index contributed by atoms with van der Waals surface area (Å²) in [5, 5.41) is 10.5. The molecule has 1 aliphatic rings. The van der Waals surface area contributed by atoms with Crippen molar-refractivity contribution >= 4 is 28.0 Å². The molecule has 4 heterocycles. The SMILES string of the molecule is COCCn1c(CN2CCC(c3cccc(OCc4cccc5occc45)n3)CC2)nc2ccc(C(=O)O)cc21. The first kappa shape index (κ1) is 26.0. The number of furan rings is 1. The summed E-state index contributed by atoms with van der Waals surface area (Å²) in [5.41, 5.74) is 4.88. The fourth-order valence-corrected chi connectivity index (χ4v) is 5.52. The molecule has 3 aromatic heterocycles. The molecule has 9 nitrogen and oxygen atoms in total. The lowest BCUT2D eigenvalue weighted by molar-refractivity contribution is 0.0697. The first-order valence-corrected chi connectivity index (χ1v) is 13.6. The van der Waals surface area contributed by atoms with Crippen LogP contribution in [0, 0.1) is 0 Å². The van der Waals surface area contributed by atoms with E-state index in [9.17, 15) is 9.90 Å². The number of fused-ring (bicyclic) bond motifs is 2. The summed E-state index contributed by atoms with van der Waals surface area (Å²) in [6, 6.07) is 19.1. The first-order chi connectivity index (χ1) is 19.6. The van der Waals surface area contributed by atoms with E-state index in [2.05, 4.69) is 15.5 Å². The van der Waals surface area contributed by atoms with Crippen molar-refractivity contribution in [3.05, 3.63) is 89.6 Å². The van der Waals surface area contributed by atoms with Gasteiger partial charge in [-0.25, -0.2) is 14.8 Å². The van der Waals surface area contributed by atoms with Crippen LogP contribution < -0.4 is 4.74 Å². The van der Waals surface area contributed by atoms with E-state index in [0.29, 0.717) is 38.1 Å². The number of hydrogen-bond donors (Lipinski definition) is 1. The third-order valence-corrected chi connectivity index (χ3v) is 7.67. The second-order valence-electron chi connectivity index (χ2n) is 10.2. The Balaban J connectivity index is 1.10. The zero-order chi connectivity index (χ0) is 27.5. The van der Waals surface area contributed by atoms with E-state index in [1.54, 1.807) is 31.6 Å². The van der Waals surface area contributed by atoms with Crippen molar-refractivity contribution < 1.29 is 23.8 Å². The van der Waals surface area contributed by atoms with Gasteiger partial charge in [-0.15, -0.1) is 0 Å². The molecule has 0 saturated carbocycles. The molecule has 2 aromatic carbocycles. The molecule has 206 valence electrons. The lowest BCUT2D eigenvalue weighted by Gasteiger charge is -2.31. The van der Waals surface area contributed by atoms with Crippen LogP contribution in [0.15, 0.2) is 71.3 Å². The predicted octanol–water partition coefficient (Wildman–Crippen LogP) is 5.48. The fraction of sp³-hybridized carbons (Fsp3) is 0.323. The fourth-order valence-electron chi connectivity index (χ4n) is 5.52. The monoisotopic (exact) mass is 540 g/mol. The number of nitrogens with zero attached hydrogens (tertiary/aromatic N) is 4. The highest BCUT2D eigenvalue weighted by Gasteiger charge is 2.24. The van der Waals surface area contributed by atoms with E-state index >= 15 is 0 Å². The van der Waals surface area contributed by atoms with Gasteiger partial charge in [-0.2, -0.15) is 0 Å². The number of imidazole rings is 1. The Bertz CT molecular complexity index is 1630. The molecule has 6 rings (SSSR count). The van der Waals surface area contributed by atoms with Crippen molar-refractivity contribution in [2.45, 2.75) is 38.5 Å². The largest absolute Gasteiger partial charge is 0.478 e. The first-order valence-electron chi connectivity index (χ1n) is 13.6. The maximum Gasteiger partial charge on any atom is 0.335 e. The van der Waals surface area contributed by atoms with E-state index in [1.165, 1.54) is 0 Å². The number of likely N-dealkylation sites (tertiary alicyclic amines) is 1. The van der Waals surface area contributed by atoms with Crippen molar-refractivity contribution in [2.24, 2.45) is 0 Å². The van der Waals surface area contributed by atoms with Gasteiger partial charge in [0.25, 0.3) is 0 Å². The molecule has 1 N–H and O–H groups in total. The van der Waals surface area contributed by atoms with Crippen molar-refractivity contribution in [1.29, 1.82) is 0 Å². The average Bonchev–Trinajstić information content (AvgIpc) is 3.60. The van der Waals surface area contributed by atoms with Crippen molar-refractivity contribution in [3.63, 3.8) is 0 Å². The number of pyridine rings is 1. The maximum absolute atomic E-state index is 11.5. The number of carbonyl (C=O) groups is 1. The molecule has 5 aromatic rings. The van der Waals surface area contributed by atoms with Gasteiger partial charge in [-0.3, -0.25) is 4.90 Å². The van der Waals surface area contributed by atoms with Crippen LogP contribution >= 0.6 is 0 Å². The molecular formula is C31H32N4O5. The summed E-state index contributed by atoms with van der Waals surface area (Å²) < 4.78 is 19.0. The third kappa shape index (κ3) is 5.43. The summed E-state index contributed by atoms with van der Waals surface area (Å²) in [6.07, 6.45) is 3.68. The van der Waals surface area contributed by atoms with Gasteiger partial charge in [0, 0.05) is 42.3 Å². The minimum Gasteiger partial charge on any atom is -0.478 e. The number of aromatic carboxylic acids is 1. The minimum atomic E-state index is -0.941. The van der Waals surface area contributed by atoms with Gasteiger partial charge >= 0.3 is 5.97 Å². The summed E-state index contributed by atoms with van der Waals surface area (Å²) >= 11 is 0. The molecule has 9 heteroatoms. The Morgan fingerprint density at radius 1 is 1.07 bits per heavy atom. The smallest absolute Gasteiger partial charge is 0.335 e. The Morgan fingerprint density at radius 3 is 2.75 bits per heavy atom. The van der Waals surface area contributed by atoms with Crippen LogP contribution in [0.3, 0.4) is 0 Å². The van der Waals surface area contributed by atoms with E-state index in [4.69, 9.17) is 23.9 Å². The second-order valence-corrected chi connectivity index (χ2v) is 10.2. The molecule has 1 fully saturated rings. The minimum absolute atomic E-state index is 0.260. The van der Waals surface area contributed by atoms with Crippen LogP contribution in [0.1, 0.15) is 46.2 Å². The molecule has 1 saturated heterocycles. The van der Waals surface area contributed by atoms with Crippen molar-refractivity contribution in [2.75, 3.05) is 26.8 Å². The number of carboxylic acids is 1. The quantitative estimate of drug-likeness (QED) is 0.248. The molecule has 0 unspecified atom stereocenters. The molecular weight excluding hydrogens is 508 g/mol. The summed E-state index contributed by atoms with van der Waals surface area (Å²) in [4.78, 5) is 23.6. The Hall–Kier alpha value is -4.21. The van der Waals surface area contributed by atoms with Crippen LogP contribution in [-0.4, -0.2) is 57.3 Å². The van der Waals surface area contributed by atoms with Gasteiger partial charge in [0.1, 0.15) is 18.0 Å². The van der Waals surface area contributed by atoms with Crippen LogP contribution in [0.4, 0.5) is 0 Å². The third-order valence-electron chi connectivity index (χ3n) is 7.67. The van der Waals surface area contributed by atoms with Gasteiger partial charge < -0.3 is 23.6 Å². The topological polar surface area (TPSA) is 103 Å². The second kappa shape index (κ2) is 11.5. The summed E-state index contributed by atoms with van der Waals surface area (Å²) in [5.74, 6) is 0.980. The zero-order valence-corrected chi connectivity index (χ0v) is 22.5. The van der Waals surface area contributed by atoms with Crippen LogP contribution in [0.5, 0.6) is 5.88 Å². The molecule has 0 bridgehead atoms. The van der Waals surface area contributed by atoms with E-state index in [-0.39, 0.29) is 5.56 Å². The maximum atomic E-state index is 11.5. The molecule has 1 aliphatic heterocycles. The zero-order valence-electron chi connectivity index (χ0n) is 22.5. The number of hydrogen-bond acceptors (Lipinski definition) is 7. The van der Waals surface area contributed by atoms with E-state index in [1.807, 2.05) is 36.4 Å². The number of piperidine rings is 1. The van der Waals surface area contributed by atoms with E-state index in [0.717, 1.165) is 65.0 Å². The van der Waals surface area contributed by atoms with Crippen molar-refractivity contribution in [3.8, 4) is 5.88 Å². The van der Waals surface area contributed by atoms with Crippen LogP contribution in [0.2, 0.25) is 0 Å². The lowest BCUT2D eigenvalue weighted by atomic mass is 9.93. The van der Waals surface area contributed by atoms with Gasteiger partial charge in [0.05, 0.1) is 36.0 Å². The highest BCUT2D eigenvalue weighted by molar-refractivity contribution is 5.92. The highest BCUT2D eigenvalue weighted by atomic mass is 16.5. The number of rotatable bonds is 10. The number of aromatic nitrogens is 3. The van der Waals surface area contributed by atoms with Gasteiger partial charge in [0.2, 0.25) is 5.88 Å². The summed E-state index contributed by atoms with van der Waals surface area (Å²) in [7, 11) is 1.67. The number of methoxy groups -OCH3 is 1. The van der Waals surface area contributed by atoms with Gasteiger partial charge in [-0.05, 0) is 62.3 Å². The normalized spacial score (nSPS) is 14.7. The van der Waals surface area contributed by atoms with Crippen LogP contribution in [-0.2, 0) is 24.4 Å². The van der Waals surface area contributed by atoms with Crippen LogP contribution in [0.25, 0.3) is 22.0 Å². The number of benzene rings is 2. The molecule has 0 amide bonds. The van der Waals surface area contributed by atoms with Crippen molar-refractivity contribution in [1.82, 2.24) is 19.4 Å². The molecule has 0 radical (unpaired) electrons. The lowest BCUT2D eigenvalue weighted by Crippen LogP contribution is -2.33. The Kier molecular flexibility index (Phi) is 7.48. The highest BCUT2D eigenvalue weighted by Crippen LogP contribution is 2.30. The molecule has 0 spiro atoms. The molecule has 40 heavy (non-hydrogen) atoms. The number of ether oxygens (including phenoxy) is 2. The molecule has 0 aliphatic carbocycles. The predicted molar refractivity (Wildman–Crippen MR) is 151 cm³/mol. The van der Waals surface area contributed by atoms with Gasteiger partial charge in [-0.1, -0.05) is 18.2 Å². The molecule has 0 atom stereocenters. The van der Waals surface area contributed by atoms with Gasteiger partial charge in [0.15, 0.2) is 0 Å². The Morgan fingerprint density at radius 2 is 1.93 bits per heavy atom.